The molecule has 19 heteroatoms. The molecule has 0 spiro atoms. The molecule has 7 atom stereocenters. The van der Waals surface area contributed by atoms with Gasteiger partial charge in [-0.15, -0.1) is 0 Å². The zero-order chi connectivity index (χ0) is 74.9. The van der Waals surface area contributed by atoms with Crippen molar-refractivity contribution >= 4 is 39.5 Å². The van der Waals surface area contributed by atoms with Crippen LogP contribution in [0.3, 0.4) is 0 Å². The minimum absolute atomic E-state index is 0.108. The van der Waals surface area contributed by atoms with Gasteiger partial charge >= 0.3 is 39.5 Å². The third kappa shape index (κ3) is 73.6. The molecule has 0 saturated heterocycles. The Morgan fingerprint density at radius 1 is 0.275 bits per heavy atom. The Kier molecular flexibility index (Phi) is 73.1. The van der Waals surface area contributed by atoms with Gasteiger partial charge in [-0.05, 0) is 37.5 Å². The summed E-state index contributed by atoms with van der Waals surface area (Å²) < 4.78 is 68.8. The lowest BCUT2D eigenvalue weighted by Crippen LogP contribution is -2.30. The molecule has 0 aliphatic carbocycles. The minimum Gasteiger partial charge on any atom is -0.462 e. The van der Waals surface area contributed by atoms with Gasteiger partial charge in [0.1, 0.15) is 19.3 Å². The van der Waals surface area contributed by atoms with E-state index in [2.05, 4.69) is 41.5 Å². The largest absolute Gasteiger partial charge is 0.472 e. The van der Waals surface area contributed by atoms with Gasteiger partial charge in [-0.2, -0.15) is 0 Å². The molecule has 0 amide bonds. The van der Waals surface area contributed by atoms with E-state index in [1.807, 2.05) is 0 Å². The van der Waals surface area contributed by atoms with Crippen molar-refractivity contribution in [2.45, 2.75) is 458 Å². The van der Waals surface area contributed by atoms with E-state index in [0.717, 1.165) is 102 Å². The van der Waals surface area contributed by atoms with Crippen molar-refractivity contribution in [2.75, 3.05) is 39.6 Å². The fourth-order valence-electron chi connectivity index (χ4n) is 12.8. The van der Waals surface area contributed by atoms with Gasteiger partial charge in [-0.25, -0.2) is 9.13 Å². The number of aliphatic hydroxyl groups is 1. The topological polar surface area (TPSA) is 237 Å². The van der Waals surface area contributed by atoms with Crippen LogP contribution in [0.4, 0.5) is 0 Å². The summed E-state index contributed by atoms with van der Waals surface area (Å²) in [4.78, 5) is 73.1. The van der Waals surface area contributed by atoms with E-state index in [4.69, 9.17) is 37.0 Å². The van der Waals surface area contributed by atoms with Crippen LogP contribution in [0.2, 0.25) is 0 Å². The molecule has 3 N–H and O–H groups in total. The van der Waals surface area contributed by atoms with Crippen LogP contribution < -0.4 is 0 Å². The third-order valence-electron chi connectivity index (χ3n) is 20.2. The predicted octanol–water partition coefficient (Wildman–Crippen LogP) is 25.1. The smallest absolute Gasteiger partial charge is 0.462 e. The molecule has 0 rings (SSSR count). The molecule has 0 saturated carbocycles. The van der Waals surface area contributed by atoms with E-state index in [9.17, 15) is 43.2 Å². The molecule has 0 radical (unpaired) electrons. The van der Waals surface area contributed by atoms with Crippen LogP contribution in [0, 0.1) is 11.8 Å². The summed E-state index contributed by atoms with van der Waals surface area (Å²) in [5.41, 5.74) is 0. The molecular weight excluding hydrogens is 1330 g/mol. The predicted molar refractivity (Wildman–Crippen MR) is 418 cm³/mol. The SMILES string of the molecule is CCCCCCCCCCCCCCCCCC(=O)O[C@H](COC(=O)CCCCCCCCCCCCC)COP(=O)(O)OC[C@H](O)COP(=O)(O)OC[C@@H](COC(=O)CCCCCCCCCCCCCCCCC(C)CC)OC(=O)CCCCCCCCCCCCCCCCC(C)CC. The lowest BCUT2D eigenvalue weighted by molar-refractivity contribution is -0.161. The Labute approximate surface area is 626 Å². The number of unbranched alkanes of at least 4 members (excludes halogenated alkanes) is 50. The maximum atomic E-state index is 13.1. The first-order chi connectivity index (χ1) is 49.4. The van der Waals surface area contributed by atoms with E-state index in [-0.39, 0.29) is 25.7 Å². The fraction of sp³-hybridized carbons (Fsp3) is 0.952. The summed E-state index contributed by atoms with van der Waals surface area (Å²) in [6.07, 6.45) is 64.9. The summed E-state index contributed by atoms with van der Waals surface area (Å²) in [6.45, 7) is 9.76. The molecular formula is C83H162O17P2. The van der Waals surface area contributed by atoms with Gasteiger partial charge in [0.25, 0.3) is 0 Å². The van der Waals surface area contributed by atoms with Crippen molar-refractivity contribution in [1.82, 2.24) is 0 Å². The number of aliphatic hydroxyl groups excluding tert-OH is 1. The average molecular weight is 1490 g/mol. The highest BCUT2D eigenvalue weighted by Gasteiger charge is 2.30. The molecule has 0 aromatic heterocycles. The van der Waals surface area contributed by atoms with Crippen molar-refractivity contribution in [1.29, 1.82) is 0 Å². The number of ether oxygens (including phenoxy) is 4. The number of phosphoric acid groups is 2. The number of esters is 4. The van der Waals surface area contributed by atoms with E-state index in [1.165, 1.54) is 257 Å². The zero-order valence-electron chi connectivity index (χ0n) is 66.9. The highest BCUT2D eigenvalue weighted by Crippen LogP contribution is 2.45. The van der Waals surface area contributed by atoms with Gasteiger partial charge in [0, 0.05) is 25.7 Å². The number of phosphoric ester groups is 2. The molecule has 17 nitrogen and oxygen atoms in total. The second kappa shape index (κ2) is 74.5. The summed E-state index contributed by atoms with van der Waals surface area (Å²) in [5.74, 6) is -0.407. The van der Waals surface area contributed by atoms with E-state index < -0.39 is 97.5 Å². The molecule has 0 aromatic rings. The van der Waals surface area contributed by atoms with Crippen molar-refractivity contribution < 1.29 is 80.2 Å². The number of carbonyl (C=O) groups excluding carboxylic acids is 4. The number of rotatable bonds is 82. The highest BCUT2D eigenvalue weighted by molar-refractivity contribution is 7.47. The Hall–Kier alpha value is -1.94. The van der Waals surface area contributed by atoms with Crippen molar-refractivity contribution in [3.63, 3.8) is 0 Å². The second-order valence-electron chi connectivity index (χ2n) is 30.4. The quantitative estimate of drug-likeness (QED) is 0.0222. The third-order valence-corrected chi connectivity index (χ3v) is 22.1. The van der Waals surface area contributed by atoms with Crippen LogP contribution in [0.15, 0.2) is 0 Å². The van der Waals surface area contributed by atoms with E-state index >= 15 is 0 Å². The number of hydrogen-bond donors (Lipinski definition) is 3. The molecule has 0 heterocycles. The second-order valence-corrected chi connectivity index (χ2v) is 33.3. The van der Waals surface area contributed by atoms with E-state index in [0.29, 0.717) is 25.7 Å². The maximum Gasteiger partial charge on any atom is 0.472 e. The Balaban J connectivity index is 5.26. The normalized spacial score (nSPS) is 14.4. The van der Waals surface area contributed by atoms with Gasteiger partial charge in [0.05, 0.1) is 26.4 Å². The van der Waals surface area contributed by atoms with Crippen molar-refractivity contribution in [3.05, 3.63) is 0 Å². The molecule has 0 aromatic carbocycles. The first-order valence-electron chi connectivity index (χ1n) is 43.1. The van der Waals surface area contributed by atoms with Crippen LogP contribution in [0.5, 0.6) is 0 Å². The molecule has 0 aliphatic heterocycles. The van der Waals surface area contributed by atoms with Crippen molar-refractivity contribution in [2.24, 2.45) is 11.8 Å². The number of carbonyl (C=O) groups is 4. The van der Waals surface area contributed by atoms with Gasteiger partial charge in [-0.1, -0.05) is 388 Å². The van der Waals surface area contributed by atoms with Gasteiger partial charge in [0.15, 0.2) is 12.2 Å². The Morgan fingerprint density at radius 2 is 0.471 bits per heavy atom. The maximum absolute atomic E-state index is 13.1. The fourth-order valence-corrected chi connectivity index (χ4v) is 14.4. The minimum atomic E-state index is -4.96. The van der Waals surface area contributed by atoms with Gasteiger partial charge < -0.3 is 33.8 Å². The van der Waals surface area contributed by atoms with Crippen LogP contribution in [0.25, 0.3) is 0 Å². The summed E-state index contributed by atoms with van der Waals surface area (Å²) in [5, 5.41) is 10.7. The summed E-state index contributed by atoms with van der Waals surface area (Å²) in [7, 11) is -9.92. The first kappa shape index (κ1) is 100. The van der Waals surface area contributed by atoms with Crippen LogP contribution >= 0.6 is 15.6 Å². The zero-order valence-corrected chi connectivity index (χ0v) is 68.7. The molecule has 0 aliphatic rings. The first-order valence-corrected chi connectivity index (χ1v) is 46.1. The van der Waals surface area contributed by atoms with Gasteiger partial charge in [0.2, 0.25) is 0 Å². The Morgan fingerprint density at radius 3 is 0.696 bits per heavy atom. The van der Waals surface area contributed by atoms with Crippen LogP contribution in [-0.2, 0) is 65.4 Å². The summed E-state index contributed by atoms with van der Waals surface area (Å²) >= 11 is 0. The number of hydrogen-bond acceptors (Lipinski definition) is 15. The van der Waals surface area contributed by atoms with Crippen LogP contribution in [0.1, 0.15) is 440 Å². The average Bonchev–Trinajstić information content (AvgIpc) is 0.913. The molecule has 4 unspecified atom stereocenters. The summed E-state index contributed by atoms with van der Waals surface area (Å²) in [6, 6.07) is 0. The van der Waals surface area contributed by atoms with E-state index in [1.54, 1.807) is 0 Å². The van der Waals surface area contributed by atoms with Gasteiger partial charge in [-0.3, -0.25) is 37.3 Å². The molecule has 606 valence electrons. The van der Waals surface area contributed by atoms with Crippen molar-refractivity contribution in [3.8, 4) is 0 Å². The molecule has 0 bridgehead atoms. The lowest BCUT2D eigenvalue weighted by atomic mass is 9.99. The highest BCUT2D eigenvalue weighted by atomic mass is 31.2. The molecule has 102 heavy (non-hydrogen) atoms. The Bertz CT molecular complexity index is 1960. The lowest BCUT2D eigenvalue weighted by Gasteiger charge is -2.21. The standard InChI is InChI=1S/C83H162O17P2/c1-7-11-13-15-17-19-21-22-23-31-37-43-49-55-61-67-82(87)99-78(71-93-80(85)65-59-53-47-41-33-20-18-16-14-12-8-2)73-97-101(89,90)95-69-77(84)70-96-102(91,92)98-74-79(100-83(88)68-62-56-50-44-38-32-27-25-29-35-40-46-52-58-64-76(6)10-4)72-94-81(86)66-60-54-48-42-36-30-26-24-28-34-39-45-51-57-63-75(5)9-3/h75-79,84H,7-74H2,1-6H3,(H,89,90)(H,91,92)/t75?,76?,77-,78+,79+/m0/s1. The van der Waals surface area contributed by atoms with Crippen LogP contribution in [-0.4, -0.2) is 96.7 Å². The monoisotopic (exact) mass is 1490 g/mol. The molecule has 0 fully saturated rings.